The number of nitrogens with one attached hydrogen (secondary N) is 3. The van der Waals surface area contributed by atoms with E-state index in [1.165, 1.54) is 25.7 Å². The Morgan fingerprint density at radius 3 is 2.74 bits per heavy atom. The van der Waals surface area contributed by atoms with Gasteiger partial charge in [0.25, 0.3) is 5.91 Å². The minimum absolute atomic E-state index is 0.158. The molecule has 2 heterocycles. The van der Waals surface area contributed by atoms with Gasteiger partial charge in [0, 0.05) is 19.5 Å². The van der Waals surface area contributed by atoms with Gasteiger partial charge < -0.3 is 20.7 Å². The van der Waals surface area contributed by atoms with Crippen LogP contribution in [0.15, 0.2) is 0 Å². The second-order valence-electron chi connectivity index (χ2n) is 7.08. The van der Waals surface area contributed by atoms with Crippen LogP contribution in [0, 0.1) is 5.41 Å². The van der Waals surface area contributed by atoms with Gasteiger partial charge in [0.1, 0.15) is 6.04 Å². The molecule has 7 heteroatoms. The van der Waals surface area contributed by atoms with Gasteiger partial charge in [0.2, 0.25) is 5.91 Å². The van der Waals surface area contributed by atoms with Crippen LogP contribution in [0.4, 0.5) is 0 Å². The zero-order chi connectivity index (χ0) is 16.4. The van der Waals surface area contributed by atoms with Crippen LogP contribution in [0.1, 0.15) is 45.4 Å². The van der Waals surface area contributed by atoms with E-state index in [2.05, 4.69) is 16.0 Å². The number of amides is 2. The van der Waals surface area contributed by atoms with Gasteiger partial charge in [-0.05, 0) is 31.6 Å². The summed E-state index contributed by atoms with van der Waals surface area (Å²) in [7, 11) is 0. The second-order valence-corrected chi connectivity index (χ2v) is 7.08. The van der Waals surface area contributed by atoms with Crippen LogP contribution < -0.4 is 16.0 Å². The maximum absolute atomic E-state index is 12.3. The van der Waals surface area contributed by atoms with Crippen molar-refractivity contribution in [3.63, 3.8) is 0 Å². The molecule has 3 aliphatic rings. The summed E-state index contributed by atoms with van der Waals surface area (Å²) in [6, 6.07) is -0.990. The van der Waals surface area contributed by atoms with Crippen LogP contribution in [0.3, 0.4) is 0 Å². The van der Waals surface area contributed by atoms with E-state index in [0.29, 0.717) is 13.0 Å². The minimum atomic E-state index is -0.752. The third-order valence-corrected chi connectivity index (χ3v) is 5.31. The molecular weight excluding hydrogens is 298 g/mol. The zero-order valence-electron chi connectivity index (χ0n) is 13.5. The van der Waals surface area contributed by atoms with Crippen LogP contribution in [0.5, 0.6) is 0 Å². The summed E-state index contributed by atoms with van der Waals surface area (Å²) < 4.78 is 5.16. The second kappa shape index (κ2) is 6.47. The minimum Gasteiger partial charge on any atom is -0.451 e. The van der Waals surface area contributed by atoms with Crippen molar-refractivity contribution in [2.45, 2.75) is 63.6 Å². The number of carbonyl (C=O) groups excluding carboxylic acids is 3. The first-order valence-corrected chi connectivity index (χ1v) is 8.51. The summed E-state index contributed by atoms with van der Waals surface area (Å²) in [4.78, 5) is 35.8. The Labute approximate surface area is 135 Å². The van der Waals surface area contributed by atoms with Crippen LogP contribution in [-0.4, -0.2) is 49.1 Å². The number of ether oxygens (including phenoxy) is 1. The predicted octanol–water partition coefficient (Wildman–Crippen LogP) is -0.155. The van der Waals surface area contributed by atoms with Gasteiger partial charge in [-0.3, -0.25) is 9.59 Å². The van der Waals surface area contributed by atoms with E-state index in [9.17, 15) is 14.4 Å². The molecule has 0 bridgehead atoms. The lowest BCUT2D eigenvalue weighted by molar-refractivity contribution is -0.156. The van der Waals surface area contributed by atoms with E-state index in [0.717, 1.165) is 13.0 Å². The molecule has 0 aromatic heterocycles. The van der Waals surface area contributed by atoms with Crippen molar-refractivity contribution in [2.75, 3.05) is 13.1 Å². The van der Waals surface area contributed by atoms with E-state index in [1.807, 2.05) is 0 Å². The molecule has 0 aromatic carbocycles. The van der Waals surface area contributed by atoms with Gasteiger partial charge in [-0.15, -0.1) is 0 Å². The average Bonchev–Trinajstić information content (AvgIpc) is 3.24. The molecule has 128 valence electrons. The summed E-state index contributed by atoms with van der Waals surface area (Å²) >= 11 is 0. The van der Waals surface area contributed by atoms with Crippen LogP contribution in [0.2, 0.25) is 0 Å². The summed E-state index contributed by atoms with van der Waals surface area (Å²) in [6.07, 6.45) is 5.43. The Balaban J connectivity index is 1.47. The molecule has 2 saturated heterocycles. The summed E-state index contributed by atoms with van der Waals surface area (Å²) in [5.74, 6) is -0.986. The molecule has 3 atom stereocenters. The Morgan fingerprint density at radius 1 is 1.35 bits per heavy atom. The highest BCUT2D eigenvalue weighted by molar-refractivity contribution is 5.90. The summed E-state index contributed by atoms with van der Waals surface area (Å²) in [5.41, 5.74) is 0.272. The molecule has 7 nitrogen and oxygen atoms in total. The summed E-state index contributed by atoms with van der Waals surface area (Å²) in [6.45, 7) is 2.99. The highest BCUT2D eigenvalue weighted by atomic mass is 16.5. The van der Waals surface area contributed by atoms with Crippen molar-refractivity contribution in [1.82, 2.24) is 16.0 Å². The molecule has 1 aliphatic carbocycles. The third kappa shape index (κ3) is 3.49. The van der Waals surface area contributed by atoms with Gasteiger partial charge >= 0.3 is 5.97 Å². The Kier molecular flexibility index (Phi) is 4.57. The topological polar surface area (TPSA) is 96.5 Å². The Morgan fingerprint density at radius 2 is 2.09 bits per heavy atom. The van der Waals surface area contributed by atoms with Gasteiger partial charge in [-0.1, -0.05) is 12.8 Å². The quantitative estimate of drug-likeness (QED) is 0.625. The van der Waals surface area contributed by atoms with Crippen molar-refractivity contribution < 1.29 is 19.1 Å². The molecule has 2 aliphatic heterocycles. The van der Waals surface area contributed by atoms with Gasteiger partial charge in [-0.25, -0.2) is 4.79 Å². The van der Waals surface area contributed by atoms with E-state index < -0.39 is 18.1 Å². The third-order valence-electron chi connectivity index (χ3n) is 5.31. The maximum Gasteiger partial charge on any atom is 0.329 e. The van der Waals surface area contributed by atoms with E-state index >= 15 is 0 Å². The SMILES string of the molecule is CC(NC(=O)[C@@H]1CC2(CCCC2)CN1)C(=O)O[C@H]1CCNC1=O. The van der Waals surface area contributed by atoms with Crippen molar-refractivity contribution >= 4 is 17.8 Å². The molecular formula is C16H25N3O4. The van der Waals surface area contributed by atoms with Gasteiger partial charge in [0.05, 0.1) is 6.04 Å². The molecule has 0 aromatic rings. The highest BCUT2D eigenvalue weighted by Gasteiger charge is 2.43. The monoisotopic (exact) mass is 323 g/mol. The van der Waals surface area contributed by atoms with E-state index in [1.54, 1.807) is 6.92 Å². The molecule has 3 N–H and O–H groups in total. The van der Waals surface area contributed by atoms with Gasteiger partial charge in [-0.2, -0.15) is 0 Å². The fourth-order valence-electron chi connectivity index (χ4n) is 3.91. The predicted molar refractivity (Wildman–Crippen MR) is 82.4 cm³/mol. The smallest absolute Gasteiger partial charge is 0.329 e. The molecule has 1 spiro atoms. The van der Waals surface area contributed by atoms with Crippen LogP contribution in [-0.2, 0) is 19.1 Å². The van der Waals surface area contributed by atoms with E-state index in [4.69, 9.17) is 4.74 Å². The molecule has 0 radical (unpaired) electrons. The van der Waals surface area contributed by atoms with Gasteiger partial charge in [0.15, 0.2) is 6.10 Å². The molecule has 3 rings (SSSR count). The fraction of sp³-hybridized carbons (Fsp3) is 0.812. The van der Waals surface area contributed by atoms with Crippen molar-refractivity contribution in [1.29, 1.82) is 0 Å². The lowest BCUT2D eigenvalue weighted by Gasteiger charge is -2.21. The largest absolute Gasteiger partial charge is 0.451 e. The number of rotatable bonds is 4. The molecule has 23 heavy (non-hydrogen) atoms. The van der Waals surface area contributed by atoms with Crippen LogP contribution >= 0.6 is 0 Å². The fourth-order valence-corrected chi connectivity index (χ4v) is 3.91. The first-order valence-electron chi connectivity index (χ1n) is 8.51. The molecule has 2 amide bonds. The number of hydrogen-bond acceptors (Lipinski definition) is 5. The molecule has 3 fully saturated rings. The Bertz CT molecular complexity index is 502. The molecule has 1 saturated carbocycles. The number of hydrogen-bond donors (Lipinski definition) is 3. The first-order chi connectivity index (χ1) is 11.0. The number of carbonyl (C=O) groups is 3. The summed E-state index contributed by atoms with van der Waals surface area (Å²) in [5, 5.41) is 8.61. The maximum atomic E-state index is 12.3. The number of esters is 1. The van der Waals surface area contributed by atoms with E-state index in [-0.39, 0.29) is 23.3 Å². The average molecular weight is 323 g/mol. The Hall–Kier alpha value is -1.63. The normalized spacial score (nSPS) is 30.2. The first kappa shape index (κ1) is 16.2. The zero-order valence-corrected chi connectivity index (χ0v) is 13.5. The van der Waals surface area contributed by atoms with Crippen LogP contribution in [0.25, 0.3) is 0 Å². The lowest BCUT2D eigenvalue weighted by atomic mass is 9.84. The highest BCUT2D eigenvalue weighted by Crippen LogP contribution is 2.44. The molecule has 1 unspecified atom stereocenters. The standard InChI is InChI=1S/C16H25N3O4/c1-10(15(22)23-12-4-7-17-14(12)21)19-13(20)11-8-16(9-18-11)5-2-3-6-16/h10-12,18H,2-9H2,1H3,(H,17,21)(H,19,20)/t10?,11-,12-/m0/s1. The lowest BCUT2D eigenvalue weighted by Crippen LogP contribution is -2.48. The van der Waals surface area contributed by atoms with Crippen molar-refractivity contribution in [3.05, 3.63) is 0 Å². The van der Waals surface area contributed by atoms with Crippen molar-refractivity contribution in [3.8, 4) is 0 Å². The van der Waals surface area contributed by atoms with Crippen molar-refractivity contribution in [2.24, 2.45) is 5.41 Å².